The van der Waals surface area contributed by atoms with Crippen LogP contribution in [0.15, 0.2) is 48.8 Å². The summed E-state index contributed by atoms with van der Waals surface area (Å²) in [7, 11) is 3.16. The van der Waals surface area contributed by atoms with Crippen LogP contribution >= 0.6 is 0 Å². The van der Waals surface area contributed by atoms with E-state index >= 15 is 0 Å². The number of aromatic nitrogens is 2. The topological polar surface area (TPSA) is 111 Å². The van der Waals surface area contributed by atoms with Gasteiger partial charge in [-0.3, -0.25) is 10.1 Å². The highest BCUT2D eigenvalue weighted by Crippen LogP contribution is 2.31. The first-order valence-corrected chi connectivity index (χ1v) is 9.29. The molecule has 0 spiro atoms. The molecule has 9 heteroatoms. The third kappa shape index (κ3) is 4.93. The van der Waals surface area contributed by atoms with Crippen LogP contribution in [0.1, 0.15) is 11.1 Å². The number of aryl methyl sites for hydroxylation is 1. The zero-order valence-electron chi connectivity index (χ0n) is 17.0. The van der Waals surface area contributed by atoms with E-state index in [1.54, 1.807) is 14.2 Å². The van der Waals surface area contributed by atoms with Gasteiger partial charge in [0.2, 0.25) is 11.6 Å². The molecule has 0 atom stereocenters. The molecule has 0 amide bonds. The lowest BCUT2D eigenvalue weighted by molar-refractivity contribution is -0.383. The summed E-state index contributed by atoms with van der Waals surface area (Å²) in [5.41, 5.74) is 2.59. The summed E-state index contributed by atoms with van der Waals surface area (Å²) in [5.74, 6) is 1.57. The standard InChI is InChI=1S/C21H23N5O4/c1-14-4-7-16(8-5-14)25-21-19(26(27)28)20(23-13-24-21)22-11-10-15-6-9-17(29-2)18(12-15)30-3/h4-9,12-13H,10-11H2,1-3H3,(H2,22,23,24,25). The van der Waals surface area contributed by atoms with Crippen LogP contribution in [0.5, 0.6) is 11.5 Å². The van der Waals surface area contributed by atoms with Gasteiger partial charge < -0.3 is 20.1 Å². The lowest BCUT2D eigenvalue weighted by Gasteiger charge is -2.11. The average molecular weight is 409 g/mol. The Labute approximate surface area is 174 Å². The second kappa shape index (κ2) is 9.55. The number of nitro groups is 1. The molecule has 0 aliphatic heterocycles. The maximum atomic E-state index is 11.7. The second-order valence-corrected chi connectivity index (χ2v) is 6.53. The molecule has 2 N–H and O–H groups in total. The van der Waals surface area contributed by atoms with Gasteiger partial charge in [0.15, 0.2) is 11.5 Å². The summed E-state index contributed by atoms with van der Waals surface area (Å²) in [5, 5.41) is 17.7. The third-order valence-electron chi connectivity index (χ3n) is 4.47. The largest absolute Gasteiger partial charge is 0.493 e. The van der Waals surface area contributed by atoms with Crippen molar-refractivity contribution in [3.8, 4) is 11.5 Å². The van der Waals surface area contributed by atoms with Gasteiger partial charge in [-0.2, -0.15) is 0 Å². The van der Waals surface area contributed by atoms with E-state index in [0.29, 0.717) is 30.2 Å². The molecule has 0 radical (unpaired) electrons. The first-order chi connectivity index (χ1) is 14.5. The predicted molar refractivity (Wildman–Crippen MR) is 115 cm³/mol. The van der Waals surface area contributed by atoms with Gasteiger partial charge in [0.25, 0.3) is 0 Å². The van der Waals surface area contributed by atoms with Crippen molar-refractivity contribution in [1.29, 1.82) is 0 Å². The monoisotopic (exact) mass is 409 g/mol. The number of anilines is 3. The highest BCUT2D eigenvalue weighted by molar-refractivity contribution is 5.73. The Morgan fingerprint density at radius 3 is 2.37 bits per heavy atom. The summed E-state index contributed by atoms with van der Waals surface area (Å²) in [4.78, 5) is 19.3. The molecule has 0 bridgehead atoms. The fourth-order valence-electron chi connectivity index (χ4n) is 2.91. The minimum Gasteiger partial charge on any atom is -0.493 e. The summed E-state index contributed by atoms with van der Waals surface area (Å²) >= 11 is 0. The summed E-state index contributed by atoms with van der Waals surface area (Å²) in [6, 6.07) is 13.1. The predicted octanol–water partition coefficient (Wildman–Crippen LogP) is 4.11. The van der Waals surface area contributed by atoms with Crippen molar-refractivity contribution >= 4 is 23.0 Å². The van der Waals surface area contributed by atoms with Gasteiger partial charge in [-0.25, -0.2) is 9.97 Å². The molecular weight excluding hydrogens is 386 g/mol. The fraction of sp³-hybridized carbons (Fsp3) is 0.238. The van der Waals surface area contributed by atoms with E-state index in [4.69, 9.17) is 9.47 Å². The Bertz CT molecular complexity index is 1020. The molecule has 3 aromatic rings. The first-order valence-electron chi connectivity index (χ1n) is 9.29. The number of ether oxygens (including phenoxy) is 2. The molecule has 2 aromatic carbocycles. The lowest BCUT2D eigenvalue weighted by atomic mass is 10.1. The lowest BCUT2D eigenvalue weighted by Crippen LogP contribution is -2.11. The number of methoxy groups -OCH3 is 2. The first kappa shape index (κ1) is 20.8. The van der Waals surface area contributed by atoms with Gasteiger partial charge in [-0.15, -0.1) is 0 Å². The van der Waals surface area contributed by atoms with Crippen molar-refractivity contribution in [3.05, 3.63) is 70.0 Å². The second-order valence-electron chi connectivity index (χ2n) is 6.53. The molecule has 156 valence electrons. The third-order valence-corrected chi connectivity index (χ3v) is 4.47. The highest BCUT2D eigenvalue weighted by Gasteiger charge is 2.23. The Balaban J connectivity index is 1.74. The Kier molecular flexibility index (Phi) is 6.63. The van der Waals surface area contributed by atoms with E-state index in [-0.39, 0.29) is 17.3 Å². The molecule has 0 unspecified atom stereocenters. The molecular formula is C21H23N5O4. The van der Waals surface area contributed by atoms with Crippen LogP contribution in [0.2, 0.25) is 0 Å². The molecule has 9 nitrogen and oxygen atoms in total. The molecule has 1 heterocycles. The van der Waals surface area contributed by atoms with Crippen molar-refractivity contribution in [1.82, 2.24) is 9.97 Å². The number of nitrogens with one attached hydrogen (secondary N) is 2. The maximum Gasteiger partial charge on any atom is 0.353 e. The quantitative estimate of drug-likeness (QED) is 0.401. The molecule has 0 aliphatic rings. The van der Waals surface area contributed by atoms with Crippen molar-refractivity contribution < 1.29 is 14.4 Å². The van der Waals surface area contributed by atoms with Gasteiger partial charge in [-0.05, 0) is 43.2 Å². The van der Waals surface area contributed by atoms with E-state index in [2.05, 4.69) is 20.6 Å². The minimum absolute atomic E-state index is 0.132. The molecule has 0 saturated carbocycles. The van der Waals surface area contributed by atoms with Crippen molar-refractivity contribution in [2.24, 2.45) is 0 Å². The summed E-state index contributed by atoms with van der Waals surface area (Å²) in [6.45, 7) is 2.41. The fourth-order valence-corrected chi connectivity index (χ4v) is 2.91. The van der Waals surface area contributed by atoms with Crippen LogP contribution in [0.25, 0.3) is 0 Å². The van der Waals surface area contributed by atoms with Crippen molar-refractivity contribution in [2.75, 3.05) is 31.4 Å². The van der Waals surface area contributed by atoms with Crippen LogP contribution in [-0.4, -0.2) is 35.7 Å². The van der Waals surface area contributed by atoms with Gasteiger partial charge in [0.05, 0.1) is 19.1 Å². The maximum absolute atomic E-state index is 11.7. The Hall–Kier alpha value is -3.88. The Morgan fingerprint density at radius 2 is 1.70 bits per heavy atom. The molecule has 0 saturated heterocycles. The zero-order chi connectivity index (χ0) is 21.5. The summed E-state index contributed by atoms with van der Waals surface area (Å²) in [6.07, 6.45) is 1.91. The average Bonchev–Trinajstić information content (AvgIpc) is 2.75. The van der Waals surface area contributed by atoms with Crippen LogP contribution in [-0.2, 0) is 6.42 Å². The normalized spacial score (nSPS) is 10.4. The SMILES string of the molecule is COc1ccc(CCNc2ncnc(Nc3ccc(C)cc3)c2[N+](=O)[O-])cc1OC. The van der Waals surface area contributed by atoms with Crippen molar-refractivity contribution in [2.45, 2.75) is 13.3 Å². The molecule has 0 fully saturated rings. The van der Waals surface area contributed by atoms with E-state index < -0.39 is 4.92 Å². The van der Waals surface area contributed by atoms with E-state index in [1.165, 1.54) is 6.33 Å². The number of hydrogen-bond acceptors (Lipinski definition) is 8. The molecule has 1 aromatic heterocycles. The van der Waals surface area contributed by atoms with Crippen LogP contribution in [0.3, 0.4) is 0 Å². The number of benzene rings is 2. The number of rotatable bonds is 9. The molecule has 0 aliphatic carbocycles. The summed E-state index contributed by atoms with van der Waals surface area (Å²) < 4.78 is 10.5. The van der Waals surface area contributed by atoms with Gasteiger partial charge >= 0.3 is 5.69 Å². The smallest absolute Gasteiger partial charge is 0.353 e. The van der Waals surface area contributed by atoms with E-state index in [9.17, 15) is 10.1 Å². The van der Waals surface area contributed by atoms with E-state index in [0.717, 1.165) is 11.1 Å². The van der Waals surface area contributed by atoms with Crippen molar-refractivity contribution in [3.63, 3.8) is 0 Å². The minimum atomic E-state index is -0.491. The molecule has 30 heavy (non-hydrogen) atoms. The number of nitrogens with zero attached hydrogens (tertiary/aromatic N) is 3. The van der Waals surface area contributed by atoms with E-state index in [1.807, 2.05) is 49.4 Å². The van der Waals surface area contributed by atoms with Crippen LogP contribution < -0.4 is 20.1 Å². The number of hydrogen-bond donors (Lipinski definition) is 2. The molecule has 3 rings (SSSR count). The van der Waals surface area contributed by atoms with Crippen LogP contribution in [0, 0.1) is 17.0 Å². The van der Waals surface area contributed by atoms with Gasteiger partial charge in [0.1, 0.15) is 6.33 Å². The van der Waals surface area contributed by atoms with Gasteiger partial charge in [-0.1, -0.05) is 23.8 Å². The zero-order valence-corrected chi connectivity index (χ0v) is 17.0. The Morgan fingerprint density at radius 1 is 1.00 bits per heavy atom. The van der Waals surface area contributed by atoms with Gasteiger partial charge in [0, 0.05) is 12.2 Å². The highest BCUT2D eigenvalue weighted by atomic mass is 16.6. The van der Waals surface area contributed by atoms with Crippen LogP contribution in [0.4, 0.5) is 23.0 Å².